The van der Waals surface area contributed by atoms with E-state index in [1.165, 1.54) is 24.3 Å². The van der Waals surface area contributed by atoms with Gasteiger partial charge >= 0.3 is 5.97 Å². The second-order valence-electron chi connectivity index (χ2n) is 4.77. The molecule has 0 saturated carbocycles. The number of hydrogen-bond donors (Lipinski definition) is 3. The predicted molar refractivity (Wildman–Crippen MR) is 79.9 cm³/mol. The summed E-state index contributed by atoms with van der Waals surface area (Å²) >= 11 is 0. The molecule has 2 unspecified atom stereocenters. The topological polar surface area (TPSA) is 136 Å². The SMILES string of the molecule is CCC(Oc1ccc(C=O)cc1)C(=O)NC(CC(N)=O)C(=O)O. The Morgan fingerprint density at radius 3 is 2.35 bits per heavy atom. The molecule has 0 heterocycles. The van der Waals surface area contributed by atoms with E-state index in [4.69, 9.17) is 15.6 Å². The van der Waals surface area contributed by atoms with E-state index in [-0.39, 0.29) is 6.42 Å². The number of carboxylic acid groups (broad SMARTS) is 1. The van der Waals surface area contributed by atoms with Gasteiger partial charge in [-0.1, -0.05) is 6.92 Å². The number of aliphatic carboxylic acids is 1. The molecule has 4 N–H and O–H groups in total. The summed E-state index contributed by atoms with van der Waals surface area (Å²) in [5.74, 6) is -2.50. The molecule has 0 fully saturated rings. The van der Waals surface area contributed by atoms with Gasteiger partial charge in [0.1, 0.15) is 18.1 Å². The zero-order chi connectivity index (χ0) is 17.4. The lowest BCUT2D eigenvalue weighted by atomic mass is 10.1. The molecule has 0 aromatic heterocycles. The molecule has 1 rings (SSSR count). The van der Waals surface area contributed by atoms with Crippen LogP contribution in [-0.4, -0.2) is 41.3 Å². The van der Waals surface area contributed by atoms with Crippen LogP contribution in [0, 0.1) is 0 Å². The Morgan fingerprint density at radius 1 is 1.30 bits per heavy atom. The Labute approximate surface area is 132 Å². The van der Waals surface area contributed by atoms with E-state index in [2.05, 4.69) is 5.32 Å². The van der Waals surface area contributed by atoms with Gasteiger partial charge in [0.25, 0.3) is 5.91 Å². The highest BCUT2D eigenvalue weighted by molar-refractivity contribution is 5.89. The number of ether oxygens (including phenoxy) is 1. The minimum atomic E-state index is -1.41. The highest BCUT2D eigenvalue weighted by atomic mass is 16.5. The van der Waals surface area contributed by atoms with Crippen LogP contribution >= 0.6 is 0 Å². The Bertz CT molecular complexity index is 584. The summed E-state index contributed by atoms with van der Waals surface area (Å²) in [5.41, 5.74) is 5.41. The Morgan fingerprint density at radius 2 is 1.91 bits per heavy atom. The minimum absolute atomic E-state index is 0.282. The molecular weight excluding hydrogens is 304 g/mol. The maximum atomic E-state index is 12.1. The molecule has 0 aliphatic heterocycles. The first kappa shape index (κ1) is 18.1. The number of primary amides is 1. The summed E-state index contributed by atoms with van der Waals surface area (Å²) in [6.07, 6.45) is -0.489. The molecule has 0 aliphatic carbocycles. The van der Waals surface area contributed by atoms with Crippen LogP contribution in [0.4, 0.5) is 0 Å². The third kappa shape index (κ3) is 5.77. The molecule has 0 radical (unpaired) electrons. The maximum absolute atomic E-state index is 12.1. The molecule has 8 nitrogen and oxygen atoms in total. The minimum Gasteiger partial charge on any atom is -0.481 e. The van der Waals surface area contributed by atoms with E-state index in [9.17, 15) is 19.2 Å². The fraction of sp³-hybridized carbons (Fsp3) is 0.333. The molecule has 0 saturated heterocycles. The van der Waals surface area contributed by atoms with Crippen LogP contribution < -0.4 is 15.8 Å². The molecule has 8 heteroatoms. The number of carboxylic acids is 1. The van der Waals surface area contributed by atoms with Crippen LogP contribution in [0.3, 0.4) is 0 Å². The number of amides is 2. The van der Waals surface area contributed by atoms with E-state index >= 15 is 0 Å². The van der Waals surface area contributed by atoms with Gasteiger partial charge in [0.2, 0.25) is 5.91 Å². The summed E-state index contributed by atoms with van der Waals surface area (Å²) in [7, 11) is 0. The van der Waals surface area contributed by atoms with Crippen LogP contribution in [0.15, 0.2) is 24.3 Å². The molecule has 1 aromatic carbocycles. The summed E-state index contributed by atoms with van der Waals surface area (Å²) in [6.45, 7) is 1.69. The van der Waals surface area contributed by atoms with Crippen molar-refractivity contribution in [2.75, 3.05) is 0 Å². The summed E-state index contributed by atoms with van der Waals surface area (Å²) in [5, 5.41) is 11.2. The lowest BCUT2D eigenvalue weighted by Gasteiger charge is -2.20. The predicted octanol–water partition coefficient (Wildman–Crippen LogP) is 0.101. The van der Waals surface area contributed by atoms with E-state index in [0.717, 1.165) is 0 Å². The number of hydrogen-bond acceptors (Lipinski definition) is 5. The van der Waals surface area contributed by atoms with E-state index in [1.54, 1.807) is 6.92 Å². The van der Waals surface area contributed by atoms with Crippen molar-refractivity contribution in [2.45, 2.75) is 31.9 Å². The fourth-order valence-corrected chi connectivity index (χ4v) is 1.78. The summed E-state index contributed by atoms with van der Waals surface area (Å²) < 4.78 is 5.47. The van der Waals surface area contributed by atoms with Crippen molar-refractivity contribution in [3.8, 4) is 5.75 Å². The third-order valence-electron chi connectivity index (χ3n) is 2.98. The average Bonchev–Trinajstić information content (AvgIpc) is 2.51. The van der Waals surface area contributed by atoms with Crippen LogP contribution in [0.5, 0.6) is 5.75 Å². The van der Waals surface area contributed by atoms with Crippen molar-refractivity contribution in [3.63, 3.8) is 0 Å². The molecule has 2 amide bonds. The van der Waals surface area contributed by atoms with Gasteiger partial charge in [-0.3, -0.25) is 14.4 Å². The van der Waals surface area contributed by atoms with Gasteiger partial charge in [-0.05, 0) is 30.7 Å². The zero-order valence-electron chi connectivity index (χ0n) is 12.5. The first-order chi connectivity index (χ1) is 10.9. The zero-order valence-corrected chi connectivity index (χ0v) is 12.5. The van der Waals surface area contributed by atoms with Gasteiger partial charge in [-0.25, -0.2) is 4.79 Å². The first-order valence-electron chi connectivity index (χ1n) is 6.90. The molecular formula is C15H18N2O6. The van der Waals surface area contributed by atoms with Crippen molar-refractivity contribution < 1.29 is 29.0 Å². The summed E-state index contributed by atoms with van der Waals surface area (Å²) in [4.78, 5) is 44.5. The largest absolute Gasteiger partial charge is 0.481 e. The van der Waals surface area contributed by atoms with Crippen LogP contribution in [0.1, 0.15) is 30.1 Å². The standard InChI is InChI=1S/C15H18N2O6/c1-2-12(23-10-5-3-9(8-18)4-6-10)14(20)17-11(15(21)22)7-13(16)19/h3-6,8,11-12H,2,7H2,1H3,(H2,16,19)(H,17,20)(H,21,22). The van der Waals surface area contributed by atoms with Crippen LogP contribution in [0.25, 0.3) is 0 Å². The number of nitrogens with two attached hydrogens (primary N) is 1. The van der Waals surface area contributed by atoms with Gasteiger partial charge in [-0.2, -0.15) is 0 Å². The second kappa shape index (κ2) is 8.52. The molecule has 2 atom stereocenters. The van der Waals surface area contributed by atoms with Gasteiger partial charge < -0.3 is 20.9 Å². The maximum Gasteiger partial charge on any atom is 0.326 e. The van der Waals surface area contributed by atoms with Crippen LogP contribution in [0.2, 0.25) is 0 Å². The molecule has 0 spiro atoms. The Kier molecular flexibility index (Phi) is 6.72. The smallest absolute Gasteiger partial charge is 0.326 e. The first-order valence-corrected chi connectivity index (χ1v) is 6.90. The van der Waals surface area contributed by atoms with Gasteiger partial charge in [0, 0.05) is 5.56 Å². The third-order valence-corrected chi connectivity index (χ3v) is 2.98. The van der Waals surface area contributed by atoms with E-state index in [1.807, 2.05) is 0 Å². The molecule has 23 heavy (non-hydrogen) atoms. The number of rotatable bonds is 9. The van der Waals surface area contributed by atoms with Crippen molar-refractivity contribution in [1.82, 2.24) is 5.32 Å². The fourth-order valence-electron chi connectivity index (χ4n) is 1.78. The number of aldehydes is 1. The van der Waals surface area contributed by atoms with Gasteiger partial charge in [0.15, 0.2) is 6.10 Å². The lowest BCUT2D eigenvalue weighted by Crippen LogP contribution is -2.48. The van der Waals surface area contributed by atoms with Gasteiger partial charge in [-0.15, -0.1) is 0 Å². The van der Waals surface area contributed by atoms with Crippen molar-refractivity contribution in [3.05, 3.63) is 29.8 Å². The van der Waals surface area contributed by atoms with Gasteiger partial charge in [0.05, 0.1) is 6.42 Å². The number of carbonyl (C=O) groups excluding carboxylic acids is 3. The Hall–Kier alpha value is -2.90. The molecule has 124 valence electrons. The molecule has 1 aromatic rings. The average molecular weight is 322 g/mol. The normalized spacial score (nSPS) is 12.7. The quantitative estimate of drug-likeness (QED) is 0.552. The van der Waals surface area contributed by atoms with E-state index < -0.39 is 36.4 Å². The van der Waals surface area contributed by atoms with Crippen molar-refractivity contribution in [1.29, 1.82) is 0 Å². The molecule has 0 aliphatic rings. The van der Waals surface area contributed by atoms with Crippen molar-refractivity contribution in [2.24, 2.45) is 5.73 Å². The number of benzene rings is 1. The molecule has 0 bridgehead atoms. The highest BCUT2D eigenvalue weighted by Crippen LogP contribution is 2.14. The summed E-state index contributed by atoms with van der Waals surface area (Å²) in [6, 6.07) is 4.70. The van der Waals surface area contributed by atoms with Crippen molar-refractivity contribution >= 4 is 24.1 Å². The second-order valence-corrected chi connectivity index (χ2v) is 4.77. The van der Waals surface area contributed by atoms with Crippen LogP contribution in [-0.2, 0) is 14.4 Å². The lowest BCUT2D eigenvalue weighted by molar-refractivity contribution is -0.144. The number of nitrogens with one attached hydrogen (secondary N) is 1. The highest BCUT2D eigenvalue weighted by Gasteiger charge is 2.26. The Balaban J connectivity index is 2.74. The number of carbonyl (C=O) groups is 4. The monoisotopic (exact) mass is 322 g/mol. The van der Waals surface area contributed by atoms with E-state index in [0.29, 0.717) is 17.6 Å².